The van der Waals surface area contributed by atoms with Crippen LogP contribution in [-0.2, 0) is 14.8 Å². The Kier molecular flexibility index (Phi) is 4.31. The summed E-state index contributed by atoms with van der Waals surface area (Å²) in [5.41, 5.74) is 0. The van der Waals surface area contributed by atoms with Crippen LogP contribution in [0.4, 0.5) is 0 Å². The molecule has 1 atom stereocenters. The van der Waals surface area contributed by atoms with Gasteiger partial charge in [-0.15, -0.1) is 0 Å². The summed E-state index contributed by atoms with van der Waals surface area (Å²) in [5, 5.41) is 16.2. The van der Waals surface area contributed by atoms with Crippen LogP contribution in [0.25, 0.3) is 0 Å². The number of aliphatic hydroxyl groups is 1. The van der Waals surface area contributed by atoms with E-state index >= 15 is 0 Å². The van der Waals surface area contributed by atoms with Crippen LogP contribution in [0.3, 0.4) is 0 Å². The molecule has 0 aromatic heterocycles. The van der Waals surface area contributed by atoms with Gasteiger partial charge < -0.3 is 10.2 Å². The Labute approximate surface area is 76.6 Å². The molecule has 0 saturated carbocycles. The number of carbonyl (C=O) groups is 1. The lowest BCUT2D eigenvalue weighted by Crippen LogP contribution is -2.45. The van der Waals surface area contributed by atoms with Crippen LogP contribution in [0.15, 0.2) is 0 Å². The first-order valence-corrected chi connectivity index (χ1v) is 5.20. The van der Waals surface area contributed by atoms with E-state index in [0.29, 0.717) is 0 Å². The molecular formula is C6H13NO5S. The smallest absolute Gasteiger partial charge is 0.324 e. The van der Waals surface area contributed by atoms with E-state index in [1.807, 2.05) is 4.72 Å². The van der Waals surface area contributed by atoms with Crippen LogP contribution < -0.4 is 4.72 Å². The van der Waals surface area contributed by atoms with E-state index in [1.165, 1.54) is 13.8 Å². The zero-order valence-electron chi connectivity index (χ0n) is 7.39. The minimum atomic E-state index is -3.65. The lowest BCUT2D eigenvalue weighted by atomic mass is 10.3. The van der Waals surface area contributed by atoms with Gasteiger partial charge in [-0.05, 0) is 13.8 Å². The molecule has 0 bridgehead atoms. The predicted molar refractivity (Wildman–Crippen MR) is 45.7 cm³/mol. The number of hydrogen-bond acceptors (Lipinski definition) is 4. The van der Waals surface area contributed by atoms with Crippen molar-refractivity contribution in [2.75, 3.05) is 6.61 Å². The number of hydrogen-bond donors (Lipinski definition) is 3. The molecule has 0 fully saturated rings. The Morgan fingerprint density at radius 2 is 1.92 bits per heavy atom. The lowest BCUT2D eigenvalue weighted by molar-refractivity contribution is -0.139. The van der Waals surface area contributed by atoms with Crippen molar-refractivity contribution in [2.24, 2.45) is 0 Å². The largest absolute Gasteiger partial charge is 0.480 e. The monoisotopic (exact) mass is 211 g/mol. The molecule has 0 aliphatic rings. The maximum Gasteiger partial charge on any atom is 0.324 e. The summed E-state index contributed by atoms with van der Waals surface area (Å²) < 4.78 is 24.1. The average molecular weight is 211 g/mol. The summed E-state index contributed by atoms with van der Waals surface area (Å²) in [5.74, 6) is -1.40. The second-order valence-corrected chi connectivity index (χ2v) is 5.05. The summed E-state index contributed by atoms with van der Waals surface area (Å²) in [6, 6.07) is -1.47. The molecule has 78 valence electrons. The minimum absolute atomic E-state index is 0.721. The van der Waals surface area contributed by atoms with Crippen molar-refractivity contribution in [1.82, 2.24) is 4.72 Å². The van der Waals surface area contributed by atoms with Gasteiger partial charge in [0.25, 0.3) is 0 Å². The van der Waals surface area contributed by atoms with Crippen LogP contribution in [0, 0.1) is 0 Å². The molecular weight excluding hydrogens is 198 g/mol. The van der Waals surface area contributed by atoms with E-state index in [4.69, 9.17) is 10.2 Å². The molecule has 3 N–H and O–H groups in total. The zero-order valence-corrected chi connectivity index (χ0v) is 8.21. The normalized spacial score (nSPS) is 14.5. The highest BCUT2D eigenvalue weighted by molar-refractivity contribution is 7.90. The fraction of sp³-hybridized carbons (Fsp3) is 0.833. The van der Waals surface area contributed by atoms with Crippen LogP contribution in [0.1, 0.15) is 13.8 Å². The van der Waals surface area contributed by atoms with Gasteiger partial charge in [-0.2, -0.15) is 4.72 Å². The Balaban J connectivity index is 4.50. The number of carboxylic acids is 1. The highest BCUT2D eigenvalue weighted by Crippen LogP contribution is 1.98. The first-order chi connectivity index (χ1) is 5.81. The minimum Gasteiger partial charge on any atom is -0.480 e. The Bertz CT molecular complexity index is 271. The van der Waals surface area contributed by atoms with E-state index in [1.54, 1.807) is 0 Å². The molecule has 0 aromatic rings. The summed E-state index contributed by atoms with van der Waals surface area (Å²) >= 11 is 0. The first kappa shape index (κ1) is 12.3. The van der Waals surface area contributed by atoms with E-state index in [2.05, 4.69) is 0 Å². The number of nitrogens with one attached hydrogen (secondary N) is 1. The van der Waals surface area contributed by atoms with Crippen molar-refractivity contribution in [2.45, 2.75) is 25.1 Å². The first-order valence-electron chi connectivity index (χ1n) is 3.66. The summed E-state index contributed by atoms with van der Waals surface area (Å²) in [6.45, 7) is 2.07. The fourth-order valence-corrected chi connectivity index (χ4v) is 1.34. The van der Waals surface area contributed by atoms with Gasteiger partial charge in [-0.1, -0.05) is 0 Å². The highest BCUT2D eigenvalue weighted by atomic mass is 32.2. The number of aliphatic carboxylic acids is 1. The molecule has 6 nitrogen and oxygen atoms in total. The van der Waals surface area contributed by atoms with E-state index < -0.39 is 33.9 Å². The standard InChI is InChI=1S/C6H13NO5S/c1-4(2)13(11,12)7-5(3-8)6(9)10/h4-5,7-8H,3H2,1-2H3,(H,9,10)/t5-/m0/s1. The molecule has 0 radical (unpaired) electrons. The van der Waals surface area contributed by atoms with Crippen molar-refractivity contribution in [3.8, 4) is 0 Å². The van der Waals surface area contributed by atoms with Crippen LogP contribution in [0.2, 0.25) is 0 Å². The third kappa shape index (κ3) is 3.71. The molecule has 0 aromatic carbocycles. The zero-order chi connectivity index (χ0) is 10.6. The lowest BCUT2D eigenvalue weighted by Gasteiger charge is -2.13. The van der Waals surface area contributed by atoms with E-state index in [-0.39, 0.29) is 0 Å². The van der Waals surface area contributed by atoms with Crippen molar-refractivity contribution in [3.63, 3.8) is 0 Å². The van der Waals surface area contributed by atoms with Crippen molar-refractivity contribution in [1.29, 1.82) is 0 Å². The third-order valence-corrected chi connectivity index (χ3v) is 3.26. The van der Waals surface area contributed by atoms with E-state index in [0.717, 1.165) is 0 Å². The molecule has 0 aliphatic carbocycles. The average Bonchev–Trinajstić information content (AvgIpc) is 1.99. The van der Waals surface area contributed by atoms with Gasteiger partial charge in [0.05, 0.1) is 11.9 Å². The molecule has 7 heteroatoms. The van der Waals surface area contributed by atoms with Crippen molar-refractivity contribution < 1.29 is 23.4 Å². The molecule has 0 amide bonds. The number of sulfonamides is 1. The van der Waals surface area contributed by atoms with Crippen molar-refractivity contribution >= 4 is 16.0 Å². The van der Waals surface area contributed by atoms with Crippen molar-refractivity contribution in [3.05, 3.63) is 0 Å². The molecule has 0 rings (SSSR count). The summed E-state index contributed by atoms with van der Waals surface area (Å²) in [6.07, 6.45) is 0. The Morgan fingerprint density at radius 3 is 2.15 bits per heavy atom. The maximum absolute atomic E-state index is 11.1. The second kappa shape index (κ2) is 4.54. The predicted octanol–water partition coefficient (Wildman–Crippen LogP) is -1.24. The highest BCUT2D eigenvalue weighted by Gasteiger charge is 2.25. The molecule has 0 heterocycles. The maximum atomic E-state index is 11.1. The topological polar surface area (TPSA) is 104 Å². The number of aliphatic hydroxyl groups excluding tert-OH is 1. The van der Waals surface area contributed by atoms with Gasteiger partial charge in [0, 0.05) is 0 Å². The number of carboxylic acid groups (broad SMARTS) is 1. The fourth-order valence-electron chi connectivity index (χ4n) is 0.500. The van der Waals surface area contributed by atoms with Gasteiger partial charge in [0.2, 0.25) is 10.0 Å². The van der Waals surface area contributed by atoms with Crippen LogP contribution in [0.5, 0.6) is 0 Å². The number of rotatable bonds is 5. The van der Waals surface area contributed by atoms with E-state index in [9.17, 15) is 13.2 Å². The molecule has 13 heavy (non-hydrogen) atoms. The third-order valence-electron chi connectivity index (χ3n) is 1.41. The van der Waals surface area contributed by atoms with Gasteiger partial charge in [0.1, 0.15) is 6.04 Å². The van der Waals surface area contributed by atoms with Crippen LogP contribution >= 0.6 is 0 Å². The molecule has 0 spiro atoms. The quantitative estimate of drug-likeness (QED) is 0.527. The summed E-state index contributed by atoms with van der Waals surface area (Å²) in [7, 11) is -3.65. The second-order valence-electron chi connectivity index (χ2n) is 2.79. The van der Waals surface area contributed by atoms with Gasteiger partial charge in [-0.25, -0.2) is 8.42 Å². The van der Waals surface area contributed by atoms with Gasteiger partial charge in [0.15, 0.2) is 0 Å². The SMILES string of the molecule is CC(C)S(=O)(=O)N[C@@H](CO)C(=O)O. The van der Waals surface area contributed by atoms with Crippen LogP contribution in [-0.4, -0.2) is 42.5 Å². The Hall–Kier alpha value is -0.660. The molecule has 0 saturated heterocycles. The van der Waals surface area contributed by atoms with Gasteiger partial charge in [-0.3, -0.25) is 4.79 Å². The Morgan fingerprint density at radius 1 is 1.46 bits per heavy atom. The summed E-state index contributed by atoms with van der Waals surface area (Å²) in [4.78, 5) is 10.3. The van der Waals surface area contributed by atoms with Gasteiger partial charge >= 0.3 is 5.97 Å². The molecule has 0 unspecified atom stereocenters. The molecule has 0 aliphatic heterocycles.